The van der Waals surface area contributed by atoms with Gasteiger partial charge < -0.3 is 9.47 Å². The van der Waals surface area contributed by atoms with Crippen molar-refractivity contribution in [2.45, 2.75) is 65.3 Å². The molecule has 20 heteroatoms. The Morgan fingerprint density at radius 1 is 0.962 bits per heavy atom. The summed E-state index contributed by atoms with van der Waals surface area (Å²) >= 11 is 17.9. The second-order valence-corrected chi connectivity index (χ2v) is 14.6. The van der Waals surface area contributed by atoms with Crippen LogP contribution in [0.15, 0.2) is 40.2 Å². The Kier molecular flexibility index (Phi) is 13.4. The molecular weight excluding hydrogens is 778 g/mol. The van der Waals surface area contributed by atoms with Crippen LogP contribution in [0.5, 0.6) is 5.75 Å². The van der Waals surface area contributed by atoms with Gasteiger partial charge in [0, 0.05) is 17.2 Å². The molecule has 282 valence electrons. The third kappa shape index (κ3) is 9.48. The number of imide groups is 1. The minimum absolute atomic E-state index is 0.000883. The van der Waals surface area contributed by atoms with Gasteiger partial charge in [0.1, 0.15) is 17.4 Å². The first-order chi connectivity index (χ1) is 24.4. The van der Waals surface area contributed by atoms with Crippen molar-refractivity contribution in [1.29, 1.82) is 0 Å². The highest BCUT2D eigenvalue weighted by atomic mass is 35.5. The van der Waals surface area contributed by atoms with Crippen molar-refractivity contribution >= 4 is 74.0 Å². The van der Waals surface area contributed by atoms with Crippen molar-refractivity contribution in [3.63, 3.8) is 0 Å². The highest BCUT2D eigenvalue weighted by Crippen LogP contribution is 2.39. The van der Waals surface area contributed by atoms with Crippen LogP contribution in [0, 0.1) is 12.7 Å². The lowest BCUT2D eigenvalue weighted by molar-refractivity contribution is -0.146. The van der Waals surface area contributed by atoms with E-state index < -0.39 is 52.5 Å². The predicted octanol–water partition coefficient (Wildman–Crippen LogP) is 6.75. The van der Waals surface area contributed by atoms with Crippen molar-refractivity contribution in [2.75, 3.05) is 29.1 Å². The minimum Gasteiger partial charge on any atom is -0.480 e. The van der Waals surface area contributed by atoms with Gasteiger partial charge in [-0.15, -0.1) is 5.10 Å². The van der Waals surface area contributed by atoms with Gasteiger partial charge in [0.15, 0.2) is 6.61 Å². The number of hydrogen-bond acceptors (Lipinski definition) is 9. The number of ether oxygens (including phenoxy) is 2. The van der Waals surface area contributed by atoms with Gasteiger partial charge in [0.25, 0.3) is 11.8 Å². The monoisotopic (exact) mass is 809 g/mol. The second kappa shape index (κ2) is 17.2. The molecule has 52 heavy (non-hydrogen) atoms. The van der Waals surface area contributed by atoms with E-state index in [-0.39, 0.29) is 48.3 Å². The summed E-state index contributed by atoms with van der Waals surface area (Å²) < 4.78 is 76.2. The first-order valence-electron chi connectivity index (χ1n) is 15.8. The molecule has 1 aliphatic heterocycles. The van der Waals surface area contributed by atoms with E-state index >= 15 is 0 Å². The molecule has 0 unspecified atom stereocenters. The van der Waals surface area contributed by atoms with E-state index in [2.05, 4.69) is 9.82 Å². The number of aromatic nitrogens is 3. The molecule has 5 rings (SSSR count). The number of carbonyl (C=O) groups is 3. The van der Waals surface area contributed by atoms with Gasteiger partial charge in [-0.2, -0.15) is 13.5 Å². The SMILES string of the molecule is CCCCCOC(=O)COc1cc(N2C(=O)C3=C(CCCC3)C2=O)c(F)cc1Cl.Cc1nn(-c2cc(NS(C)(=O)=O)c(Cl)cc2Cl)c(=O)n1C(F)F. The topological polar surface area (TPSA) is 159 Å². The van der Waals surface area contributed by atoms with Gasteiger partial charge in [-0.3, -0.25) is 14.3 Å². The molecule has 2 amide bonds. The number of benzene rings is 2. The lowest BCUT2D eigenvalue weighted by Gasteiger charge is -2.18. The maximum absolute atomic E-state index is 14.5. The molecule has 0 atom stereocenters. The van der Waals surface area contributed by atoms with Gasteiger partial charge >= 0.3 is 18.2 Å². The smallest absolute Gasteiger partial charge is 0.355 e. The van der Waals surface area contributed by atoms with Crippen LogP contribution in [-0.2, 0) is 29.1 Å². The largest absolute Gasteiger partial charge is 0.480 e. The third-order valence-electron chi connectivity index (χ3n) is 7.72. The highest BCUT2D eigenvalue weighted by molar-refractivity contribution is 7.92. The standard InChI is InChI=1S/C21H23ClFNO5.C11H10Cl2F2N4O3S/c1-2-3-6-9-28-19(25)12-29-18-11-17(16(23)10-15(18)22)24-20(26)13-7-4-5-8-14(13)21(24)27;1-5-16-19(11(20)18(5)10(14)15)9-4-8(17-23(2,21)22)6(12)3-7(9)13/h10-11H,2-9,12H2,1H3;3-4,10,17H,1-2H3. The Balaban J connectivity index is 0.000000239. The molecule has 13 nitrogen and oxygen atoms in total. The highest BCUT2D eigenvalue weighted by Gasteiger charge is 2.41. The summed E-state index contributed by atoms with van der Waals surface area (Å²) in [5.74, 6) is -2.63. The van der Waals surface area contributed by atoms with Crippen molar-refractivity contribution in [3.05, 3.63) is 72.6 Å². The summed E-state index contributed by atoms with van der Waals surface area (Å²) in [6.07, 6.45) is 6.30. The maximum Gasteiger partial charge on any atom is 0.355 e. The molecule has 3 aromatic rings. The van der Waals surface area contributed by atoms with Crippen molar-refractivity contribution < 1.29 is 45.4 Å². The quantitative estimate of drug-likeness (QED) is 0.119. The summed E-state index contributed by atoms with van der Waals surface area (Å²) in [5, 5.41) is 3.56. The minimum atomic E-state index is -3.65. The Morgan fingerprint density at radius 3 is 2.15 bits per heavy atom. The van der Waals surface area contributed by atoms with E-state index in [1.165, 1.54) is 19.1 Å². The van der Waals surface area contributed by atoms with Gasteiger partial charge in [0.2, 0.25) is 10.0 Å². The van der Waals surface area contributed by atoms with E-state index in [0.29, 0.717) is 35.3 Å². The number of hydrogen-bond donors (Lipinski definition) is 1. The molecule has 2 heterocycles. The van der Waals surface area contributed by atoms with Crippen molar-refractivity contribution in [3.8, 4) is 11.4 Å². The number of aryl methyl sites for hydroxylation is 1. The summed E-state index contributed by atoms with van der Waals surface area (Å²) in [7, 11) is -3.65. The molecule has 0 radical (unpaired) electrons. The second-order valence-electron chi connectivity index (χ2n) is 11.6. The van der Waals surface area contributed by atoms with Crippen LogP contribution in [0.25, 0.3) is 5.69 Å². The molecule has 0 spiro atoms. The van der Waals surface area contributed by atoms with E-state index in [9.17, 15) is 40.8 Å². The fourth-order valence-electron chi connectivity index (χ4n) is 5.31. The number of sulfonamides is 1. The van der Waals surface area contributed by atoms with E-state index in [4.69, 9.17) is 44.3 Å². The number of nitrogens with one attached hydrogen (secondary N) is 1. The molecule has 1 N–H and O–H groups in total. The zero-order valence-corrected chi connectivity index (χ0v) is 31.1. The fourth-order valence-corrected chi connectivity index (χ4v) is 6.65. The third-order valence-corrected chi connectivity index (χ3v) is 9.23. The first-order valence-corrected chi connectivity index (χ1v) is 18.8. The van der Waals surface area contributed by atoms with Crippen LogP contribution in [0.3, 0.4) is 0 Å². The number of halogens is 6. The van der Waals surface area contributed by atoms with E-state index in [1.807, 2.05) is 6.92 Å². The molecule has 0 saturated heterocycles. The zero-order chi connectivity index (χ0) is 38.5. The summed E-state index contributed by atoms with van der Waals surface area (Å²) in [6.45, 7) is 0.0839. The van der Waals surface area contributed by atoms with Crippen molar-refractivity contribution in [1.82, 2.24) is 14.3 Å². The number of esters is 1. The van der Waals surface area contributed by atoms with Crippen LogP contribution in [0.1, 0.15) is 64.2 Å². The number of alkyl halides is 2. The number of unbranched alkanes of at least 4 members (excludes halogenated alkanes) is 2. The van der Waals surface area contributed by atoms with Gasteiger partial charge in [0.05, 0.1) is 45.0 Å². The molecule has 2 aromatic carbocycles. The number of anilines is 2. The van der Waals surface area contributed by atoms with Crippen LogP contribution < -0.4 is 20.0 Å². The van der Waals surface area contributed by atoms with Crippen LogP contribution in [0.2, 0.25) is 15.1 Å². The summed E-state index contributed by atoms with van der Waals surface area (Å²) in [5.41, 5.74) is -0.598. The van der Waals surface area contributed by atoms with Gasteiger partial charge in [-0.1, -0.05) is 54.6 Å². The van der Waals surface area contributed by atoms with Crippen LogP contribution >= 0.6 is 34.8 Å². The average Bonchev–Trinajstić information content (AvgIpc) is 3.50. The summed E-state index contributed by atoms with van der Waals surface area (Å²) in [4.78, 5) is 50.0. The lowest BCUT2D eigenvalue weighted by atomic mass is 9.93. The molecule has 1 aromatic heterocycles. The molecule has 0 saturated carbocycles. The van der Waals surface area contributed by atoms with Gasteiger partial charge in [-0.05, 0) is 57.2 Å². The van der Waals surface area contributed by atoms with Crippen molar-refractivity contribution in [2.24, 2.45) is 0 Å². The molecular formula is C32H33Cl3F3N5O8S. The Bertz CT molecular complexity index is 2060. The van der Waals surface area contributed by atoms with Gasteiger partial charge in [-0.25, -0.2) is 31.9 Å². The van der Waals surface area contributed by atoms with Crippen LogP contribution in [-0.4, -0.2) is 60.0 Å². The molecule has 0 fully saturated rings. The maximum atomic E-state index is 14.5. The Morgan fingerprint density at radius 2 is 1.60 bits per heavy atom. The number of rotatable bonds is 12. The Hall–Kier alpha value is -4.06. The average molecular weight is 811 g/mol. The number of amides is 2. The number of carbonyl (C=O) groups excluding carboxylic acids is 3. The molecule has 0 bridgehead atoms. The summed E-state index contributed by atoms with van der Waals surface area (Å²) in [6, 6.07) is 4.46. The zero-order valence-electron chi connectivity index (χ0n) is 28.0. The molecule has 1 aliphatic carbocycles. The van der Waals surface area contributed by atoms with E-state index in [0.717, 1.165) is 55.4 Å². The van der Waals surface area contributed by atoms with E-state index in [1.54, 1.807) is 0 Å². The first kappa shape index (κ1) is 40.7. The fraction of sp³-hybridized carbons (Fsp3) is 0.406. The molecule has 2 aliphatic rings. The Labute approximate surface area is 311 Å². The van der Waals surface area contributed by atoms with Crippen LogP contribution in [0.4, 0.5) is 24.5 Å². The predicted molar refractivity (Wildman–Crippen MR) is 188 cm³/mol. The normalized spacial score (nSPS) is 14.4. The lowest BCUT2D eigenvalue weighted by Crippen LogP contribution is -2.32. The number of nitrogens with zero attached hydrogens (tertiary/aromatic N) is 4.